The topological polar surface area (TPSA) is 111 Å². The molecular formula is C37H44N4O5S. The van der Waals surface area contributed by atoms with Gasteiger partial charge in [-0.25, -0.2) is 18.4 Å². The van der Waals surface area contributed by atoms with Crippen LogP contribution in [0.4, 0.5) is 5.82 Å². The maximum Gasteiger partial charge on any atom is 0.263 e. The lowest BCUT2D eigenvalue weighted by Gasteiger charge is -2.36. The molecule has 2 fully saturated rings. The summed E-state index contributed by atoms with van der Waals surface area (Å²) in [5.41, 5.74) is 7.77. The fourth-order valence-corrected chi connectivity index (χ4v) is 7.77. The van der Waals surface area contributed by atoms with E-state index in [1.54, 1.807) is 25.1 Å². The van der Waals surface area contributed by atoms with Crippen LogP contribution in [-0.4, -0.2) is 42.9 Å². The standard InChI is InChI=1S/C37H44N4O5S/c1-4-5-10-30-17-20-37(18-8-9-19-37)36(42)41(30)23-28-15-16-31(29(21-28)25-46-24-27-13-14-27)32-11-6-7-12-33(32)47(43,44)40-34-35(45-3)39-26(2)22-38-34/h6-7,11-12,15-16,20-22,27H,4-5,8-10,13-14,18-19,23-25H2,1-3H3,(H,38,40). The van der Waals surface area contributed by atoms with Crippen LogP contribution in [0, 0.1) is 18.3 Å². The second kappa shape index (κ2) is 14.0. The van der Waals surface area contributed by atoms with E-state index in [4.69, 9.17) is 9.47 Å². The fourth-order valence-electron chi connectivity index (χ4n) is 6.54. The van der Waals surface area contributed by atoms with E-state index in [0.717, 1.165) is 67.3 Å². The monoisotopic (exact) mass is 656 g/mol. The molecule has 0 bridgehead atoms. The second-order valence-electron chi connectivity index (χ2n) is 13.0. The SMILES string of the molecule is CCCCC1=C=CC2(CCCC2)C(=O)N1Cc1ccc(-c2ccccc2S(=O)(=O)Nc2ncc(C)nc2OC)c(COCC2CC2)c1. The third-order valence-electron chi connectivity index (χ3n) is 9.35. The first-order chi connectivity index (χ1) is 22.7. The van der Waals surface area contributed by atoms with E-state index in [2.05, 4.69) is 33.4 Å². The molecule has 1 spiro atoms. The molecule has 9 nitrogen and oxygen atoms in total. The van der Waals surface area contributed by atoms with E-state index in [1.165, 1.54) is 26.1 Å². The number of carbonyl (C=O) groups is 1. The molecule has 6 rings (SSSR count). The Balaban J connectivity index is 1.35. The van der Waals surface area contributed by atoms with Gasteiger partial charge in [-0.1, -0.05) is 62.6 Å². The lowest BCUT2D eigenvalue weighted by Crippen LogP contribution is -2.42. The summed E-state index contributed by atoms with van der Waals surface area (Å²) in [6, 6.07) is 12.9. The first-order valence-corrected chi connectivity index (χ1v) is 18.2. The summed E-state index contributed by atoms with van der Waals surface area (Å²) in [6.45, 7) is 5.34. The number of nitrogens with one attached hydrogen (secondary N) is 1. The maximum absolute atomic E-state index is 14.0. The number of anilines is 1. The minimum Gasteiger partial charge on any atom is -0.478 e. The van der Waals surface area contributed by atoms with Gasteiger partial charge in [-0.3, -0.25) is 9.52 Å². The number of hydrogen-bond donors (Lipinski definition) is 1. The average molecular weight is 657 g/mol. The molecule has 1 aliphatic heterocycles. The smallest absolute Gasteiger partial charge is 0.263 e. The highest BCUT2D eigenvalue weighted by Gasteiger charge is 2.44. The number of rotatable bonds is 14. The predicted molar refractivity (Wildman–Crippen MR) is 181 cm³/mol. The van der Waals surface area contributed by atoms with Crippen LogP contribution in [-0.2, 0) is 32.7 Å². The molecule has 3 aromatic rings. The number of aryl methyl sites for hydroxylation is 1. The summed E-state index contributed by atoms with van der Waals surface area (Å²) in [5.74, 6) is 0.866. The first kappa shape index (κ1) is 32.9. The van der Waals surface area contributed by atoms with Crippen LogP contribution in [0.3, 0.4) is 0 Å². The summed E-state index contributed by atoms with van der Waals surface area (Å²) in [5, 5.41) is 0. The van der Waals surface area contributed by atoms with E-state index < -0.39 is 15.4 Å². The van der Waals surface area contributed by atoms with Gasteiger partial charge in [-0.05, 0) is 80.2 Å². The largest absolute Gasteiger partial charge is 0.478 e. The fraction of sp³-hybridized carbons (Fsp3) is 0.459. The van der Waals surface area contributed by atoms with Crippen molar-refractivity contribution < 1.29 is 22.7 Å². The molecule has 0 saturated heterocycles. The highest BCUT2D eigenvalue weighted by molar-refractivity contribution is 7.92. The van der Waals surface area contributed by atoms with Crippen LogP contribution in [0.5, 0.6) is 5.88 Å². The van der Waals surface area contributed by atoms with Crippen LogP contribution in [0.15, 0.2) is 71.1 Å². The minimum atomic E-state index is -4.09. The van der Waals surface area contributed by atoms with E-state index in [9.17, 15) is 13.2 Å². The van der Waals surface area contributed by atoms with E-state index in [-0.39, 0.29) is 22.5 Å². The number of nitrogens with zero attached hydrogens (tertiary/aromatic N) is 3. The zero-order chi connectivity index (χ0) is 33.0. The van der Waals surface area contributed by atoms with Gasteiger partial charge in [0.25, 0.3) is 15.9 Å². The van der Waals surface area contributed by atoms with Crippen molar-refractivity contribution in [1.29, 1.82) is 0 Å². The highest BCUT2D eigenvalue weighted by atomic mass is 32.2. The Bertz CT molecular complexity index is 1800. The third-order valence-corrected chi connectivity index (χ3v) is 10.7. The Kier molecular flexibility index (Phi) is 9.82. The van der Waals surface area contributed by atoms with Gasteiger partial charge in [0, 0.05) is 12.2 Å². The molecule has 0 atom stereocenters. The van der Waals surface area contributed by atoms with Crippen molar-refractivity contribution in [3.8, 4) is 17.0 Å². The molecule has 248 valence electrons. The number of ether oxygens (including phenoxy) is 2. The van der Waals surface area contributed by atoms with E-state index >= 15 is 0 Å². The predicted octanol–water partition coefficient (Wildman–Crippen LogP) is 7.32. The van der Waals surface area contributed by atoms with Crippen molar-refractivity contribution in [2.75, 3.05) is 18.4 Å². The number of sulfonamides is 1. The molecule has 0 unspecified atom stereocenters. The van der Waals surface area contributed by atoms with Crippen molar-refractivity contribution in [3.63, 3.8) is 0 Å². The molecule has 10 heteroatoms. The molecule has 1 amide bonds. The number of carbonyl (C=O) groups excluding carboxylic acids is 1. The Morgan fingerprint density at radius 2 is 1.89 bits per heavy atom. The molecule has 47 heavy (non-hydrogen) atoms. The van der Waals surface area contributed by atoms with Gasteiger partial charge in [0.15, 0.2) is 0 Å². The van der Waals surface area contributed by atoms with Gasteiger partial charge in [-0.15, -0.1) is 5.73 Å². The second-order valence-corrected chi connectivity index (χ2v) is 14.7. The van der Waals surface area contributed by atoms with Crippen LogP contribution in [0.2, 0.25) is 0 Å². The lowest BCUT2D eigenvalue weighted by molar-refractivity contribution is -0.138. The number of benzene rings is 2. The third kappa shape index (κ3) is 7.30. The normalized spacial score (nSPS) is 17.3. The molecule has 1 N–H and O–H groups in total. The van der Waals surface area contributed by atoms with Gasteiger partial charge in [0.2, 0.25) is 11.7 Å². The van der Waals surface area contributed by atoms with E-state index in [0.29, 0.717) is 36.9 Å². The number of aromatic nitrogens is 2. The summed E-state index contributed by atoms with van der Waals surface area (Å²) < 4.78 is 41.8. The zero-order valence-electron chi connectivity index (χ0n) is 27.5. The van der Waals surface area contributed by atoms with Gasteiger partial charge < -0.3 is 14.4 Å². The molecule has 2 saturated carbocycles. The summed E-state index contributed by atoms with van der Waals surface area (Å²) >= 11 is 0. The Morgan fingerprint density at radius 3 is 2.64 bits per heavy atom. The van der Waals surface area contributed by atoms with Crippen molar-refractivity contribution in [2.45, 2.75) is 89.7 Å². The van der Waals surface area contributed by atoms with Crippen LogP contribution >= 0.6 is 0 Å². The molecule has 0 radical (unpaired) electrons. The van der Waals surface area contributed by atoms with Crippen LogP contribution in [0.25, 0.3) is 11.1 Å². The summed E-state index contributed by atoms with van der Waals surface area (Å²) in [7, 11) is -2.66. The maximum atomic E-state index is 14.0. The molecule has 2 aliphatic carbocycles. The quantitative estimate of drug-likeness (QED) is 0.181. The molecule has 1 aromatic heterocycles. The number of hydrogen-bond acceptors (Lipinski definition) is 7. The lowest BCUT2D eigenvalue weighted by atomic mass is 9.82. The van der Waals surface area contributed by atoms with Crippen molar-refractivity contribution in [1.82, 2.24) is 14.9 Å². The van der Waals surface area contributed by atoms with Crippen molar-refractivity contribution in [2.24, 2.45) is 11.3 Å². The average Bonchev–Trinajstić information content (AvgIpc) is 3.78. The molecular weight excluding hydrogens is 612 g/mol. The van der Waals surface area contributed by atoms with Gasteiger partial charge in [0.05, 0.1) is 48.2 Å². The number of methoxy groups -OCH3 is 1. The zero-order valence-corrected chi connectivity index (χ0v) is 28.4. The Labute approximate surface area is 278 Å². The number of amides is 1. The molecule has 2 heterocycles. The van der Waals surface area contributed by atoms with Gasteiger partial charge >= 0.3 is 0 Å². The Morgan fingerprint density at radius 1 is 1.11 bits per heavy atom. The van der Waals surface area contributed by atoms with E-state index in [1.807, 2.05) is 29.2 Å². The van der Waals surface area contributed by atoms with Gasteiger partial charge in [-0.2, -0.15) is 0 Å². The van der Waals surface area contributed by atoms with Gasteiger partial charge in [0.1, 0.15) is 0 Å². The van der Waals surface area contributed by atoms with Crippen molar-refractivity contribution in [3.05, 3.63) is 83.0 Å². The molecule has 2 aromatic carbocycles. The minimum absolute atomic E-state index is 0.0171. The highest BCUT2D eigenvalue weighted by Crippen LogP contribution is 2.44. The summed E-state index contributed by atoms with van der Waals surface area (Å²) in [4.78, 5) is 24.6. The molecule has 3 aliphatic rings. The Hall–Kier alpha value is -3.98. The number of unbranched alkanes of at least 4 members (excludes halogenated alkanes) is 1. The summed E-state index contributed by atoms with van der Waals surface area (Å²) in [6.07, 6.45) is 12.6. The van der Waals surface area contributed by atoms with Crippen LogP contribution in [0.1, 0.15) is 81.5 Å². The first-order valence-electron chi connectivity index (χ1n) is 16.7. The van der Waals surface area contributed by atoms with Crippen LogP contribution < -0.4 is 9.46 Å². The van der Waals surface area contributed by atoms with Crippen molar-refractivity contribution >= 4 is 21.7 Å².